The average Bonchev–Trinajstić information content (AvgIpc) is 3.64. The second-order valence-electron chi connectivity index (χ2n) is 7.44. The molecule has 0 unspecified atom stereocenters. The number of amides is 1. The third-order valence-electron chi connectivity index (χ3n) is 4.98. The van der Waals surface area contributed by atoms with Crippen LogP contribution in [0, 0.1) is 0 Å². The predicted molar refractivity (Wildman–Crippen MR) is 121 cm³/mol. The van der Waals surface area contributed by atoms with Crippen LogP contribution in [0.2, 0.25) is 0 Å². The lowest BCUT2D eigenvalue weighted by Gasteiger charge is -2.14. The van der Waals surface area contributed by atoms with Crippen LogP contribution in [-0.2, 0) is 27.3 Å². The van der Waals surface area contributed by atoms with Crippen molar-refractivity contribution in [1.29, 1.82) is 0 Å². The van der Waals surface area contributed by atoms with Gasteiger partial charge in [-0.3, -0.25) is 4.79 Å². The van der Waals surface area contributed by atoms with Gasteiger partial charge in [0, 0.05) is 18.2 Å². The summed E-state index contributed by atoms with van der Waals surface area (Å²) in [6, 6.07) is 11.1. The van der Waals surface area contributed by atoms with Crippen LogP contribution in [0.3, 0.4) is 0 Å². The minimum atomic E-state index is -4.40. The third kappa shape index (κ3) is 7.62. The zero-order chi connectivity index (χ0) is 24.4. The van der Waals surface area contributed by atoms with Gasteiger partial charge in [-0.1, -0.05) is 40.6 Å². The molecule has 0 bridgehead atoms. The van der Waals surface area contributed by atoms with Crippen LogP contribution in [0.15, 0.2) is 52.8 Å². The largest absolute Gasteiger partial charge is 0.416 e. The van der Waals surface area contributed by atoms with Gasteiger partial charge in [-0.2, -0.15) is 13.2 Å². The molecule has 178 valence electrons. The molecule has 0 atom stereocenters. The molecule has 0 aliphatic heterocycles. The van der Waals surface area contributed by atoms with Crippen molar-refractivity contribution < 1.29 is 27.6 Å². The maximum Gasteiger partial charge on any atom is 0.416 e. The highest BCUT2D eigenvalue weighted by Crippen LogP contribution is 2.42. The van der Waals surface area contributed by atoms with Crippen LogP contribution in [0.5, 0.6) is 0 Å². The van der Waals surface area contributed by atoms with E-state index in [4.69, 9.17) is 14.5 Å². The molecule has 33 heavy (non-hydrogen) atoms. The summed E-state index contributed by atoms with van der Waals surface area (Å²) in [4.78, 5) is 19.5. The summed E-state index contributed by atoms with van der Waals surface area (Å²) in [7, 11) is 3.06. The number of halogens is 3. The van der Waals surface area contributed by atoms with E-state index in [0.29, 0.717) is 23.6 Å². The Morgan fingerprint density at radius 2 is 1.79 bits per heavy atom. The number of hydrogen-bond donors (Lipinski definition) is 1. The molecule has 2 aromatic rings. The van der Waals surface area contributed by atoms with E-state index in [2.05, 4.69) is 21.7 Å². The van der Waals surface area contributed by atoms with Crippen LogP contribution in [0.1, 0.15) is 60.4 Å². The Morgan fingerprint density at radius 1 is 1.12 bits per heavy atom. The molecule has 1 fully saturated rings. The van der Waals surface area contributed by atoms with Gasteiger partial charge in [-0.05, 0) is 55.9 Å². The first-order valence-corrected chi connectivity index (χ1v) is 10.4. The van der Waals surface area contributed by atoms with Gasteiger partial charge >= 0.3 is 6.18 Å². The summed E-state index contributed by atoms with van der Waals surface area (Å²) in [5, 5.41) is 10.3. The standard InChI is InChI=1S/C22H23F3N2O2.C2H5NO/c1-14(17-6-4-7-18(12-17)22(23,24)25)27-29-13-21-19(15(2)26-28-3)8-5-9-20(21)16-10-11-16;1-3-2-4/h4-9,12,16H,10-11,13H2,1-3H3;2H,1H3,(H,3,4)/b26-15-,27-14+;. The Hall–Kier alpha value is -3.36. The fourth-order valence-corrected chi connectivity index (χ4v) is 3.23. The predicted octanol–water partition coefficient (Wildman–Crippen LogP) is 5.26. The summed E-state index contributed by atoms with van der Waals surface area (Å²) in [6.45, 7) is 3.69. The molecule has 0 spiro atoms. The fraction of sp³-hybridized carbons (Fsp3) is 0.375. The Balaban J connectivity index is 0.000000890. The van der Waals surface area contributed by atoms with Crippen molar-refractivity contribution in [2.24, 2.45) is 10.3 Å². The lowest BCUT2D eigenvalue weighted by atomic mass is 9.96. The van der Waals surface area contributed by atoms with Gasteiger partial charge < -0.3 is 15.0 Å². The number of carbonyl (C=O) groups excluding carboxylic acids is 1. The van der Waals surface area contributed by atoms with Crippen LogP contribution >= 0.6 is 0 Å². The van der Waals surface area contributed by atoms with E-state index in [1.807, 2.05) is 19.1 Å². The quantitative estimate of drug-likeness (QED) is 0.330. The number of oxime groups is 2. The monoisotopic (exact) mass is 463 g/mol. The normalized spacial score (nSPS) is 14.2. The first-order chi connectivity index (χ1) is 15.7. The summed E-state index contributed by atoms with van der Waals surface area (Å²) in [6.07, 6.45) is -1.51. The maximum absolute atomic E-state index is 12.9. The lowest BCUT2D eigenvalue weighted by Crippen LogP contribution is -2.08. The highest BCUT2D eigenvalue weighted by molar-refractivity contribution is 6.00. The van der Waals surface area contributed by atoms with Crippen molar-refractivity contribution in [3.05, 3.63) is 70.3 Å². The van der Waals surface area contributed by atoms with E-state index in [0.717, 1.165) is 41.8 Å². The number of nitrogens with one attached hydrogen (secondary N) is 1. The molecule has 6 nitrogen and oxygen atoms in total. The summed E-state index contributed by atoms with van der Waals surface area (Å²) in [5.74, 6) is 0.498. The minimum absolute atomic E-state index is 0.203. The molecule has 3 rings (SSSR count). The Kier molecular flexibility index (Phi) is 9.44. The lowest BCUT2D eigenvalue weighted by molar-refractivity contribution is -0.137. The highest BCUT2D eigenvalue weighted by atomic mass is 19.4. The van der Waals surface area contributed by atoms with Crippen molar-refractivity contribution in [3.8, 4) is 0 Å². The van der Waals surface area contributed by atoms with Crippen molar-refractivity contribution in [2.45, 2.75) is 45.4 Å². The van der Waals surface area contributed by atoms with Gasteiger partial charge in [0.05, 0.1) is 17.0 Å². The first kappa shape index (κ1) is 25.9. The first-order valence-electron chi connectivity index (χ1n) is 10.4. The van der Waals surface area contributed by atoms with E-state index in [-0.39, 0.29) is 6.61 Å². The van der Waals surface area contributed by atoms with E-state index in [1.54, 1.807) is 20.0 Å². The third-order valence-corrected chi connectivity index (χ3v) is 4.98. The van der Waals surface area contributed by atoms with Crippen LogP contribution in [0.4, 0.5) is 13.2 Å². The smallest absolute Gasteiger partial charge is 0.399 e. The van der Waals surface area contributed by atoms with Crippen molar-refractivity contribution in [2.75, 3.05) is 14.2 Å². The molecular formula is C24H28F3N3O3. The topological polar surface area (TPSA) is 72.3 Å². The molecule has 0 saturated heterocycles. The number of carbonyl (C=O) groups is 1. The number of nitrogens with zero attached hydrogens (tertiary/aromatic N) is 2. The van der Waals surface area contributed by atoms with Crippen LogP contribution in [-0.4, -0.2) is 32.0 Å². The molecule has 0 radical (unpaired) electrons. The molecule has 1 aliphatic carbocycles. The number of rotatable bonds is 8. The van der Waals surface area contributed by atoms with E-state index in [9.17, 15) is 13.2 Å². The molecule has 2 aromatic carbocycles. The van der Waals surface area contributed by atoms with Gasteiger partial charge in [0.15, 0.2) is 0 Å². The SMILES string of the molecule is CNC=O.CO/N=C(/C)c1cccc(C2CC2)c1CO/N=C(\C)c1cccc(C(F)(F)F)c1. The van der Waals surface area contributed by atoms with Gasteiger partial charge in [0.25, 0.3) is 0 Å². The summed E-state index contributed by atoms with van der Waals surface area (Å²) < 4.78 is 38.8. The van der Waals surface area contributed by atoms with Crippen LogP contribution in [0.25, 0.3) is 0 Å². The zero-order valence-corrected chi connectivity index (χ0v) is 19.1. The molecule has 9 heteroatoms. The number of hydrogen-bond acceptors (Lipinski definition) is 5. The molecule has 1 saturated carbocycles. The van der Waals surface area contributed by atoms with E-state index < -0.39 is 11.7 Å². The molecule has 1 aliphatic rings. The fourth-order valence-electron chi connectivity index (χ4n) is 3.23. The number of benzene rings is 2. The molecular weight excluding hydrogens is 435 g/mol. The Labute approximate surface area is 191 Å². The molecule has 1 N–H and O–H groups in total. The van der Waals surface area contributed by atoms with Crippen molar-refractivity contribution in [1.82, 2.24) is 5.32 Å². The summed E-state index contributed by atoms with van der Waals surface area (Å²) >= 11 is 0. The zero-order valence-electron chi connectivity index (χ0n) is 19.1. The second-order valence-corrected chi connectivity index (χ2v) is 7.44. The second kappa shape index (κ2) is 12.0. The highest BCUT2D eigenvalue weighted by Gasteiger charge is 2.30. The minimum Gasteiger partial charge on any atom is -0.399 e. The van der Waals surface area contributed by atoms with Crippen molar-refractivity contribution >= 4 is 17.8 Å². The van der Waals surface area contributed by atoms with Gasteiger partial charge in [-0.15, -0.1) is 0 Å². The summed E-state index contributed by atoms with van der Waals surface area (Å²) in [5.41, 5.74) is 3.86. The van der Waals surface area contributed by atoms with E-state index >= 15 is 0 Å². The van der Waals surface area contributed by atoms with Gasteiger partial charge in [-0.25, -0.2) is 0 Å². The van der Waals surface area contributed by atoms with E-state index in [1.165, 1.54) is 18.7 Å². The molecule has 1 amide bonds. The van der Waals surface area contributed by atoms with Gasteiger partial charge in [0.2, 0.25) is 6.41 Å². The average molecular weight is 464 g/mol. The van der Waals surface area contributed by atoms with Crippen molar-refractivity contribution in [3.63, 3.8) is 0 Å². The van der Waals surface area contributed by atoms with Crippen LogP contribution < -0.4 is 5.32 Å². The Morgan fingerprint density at radius 3 is 2.36 bits per heavy atom. The number of alkyl halides is 3. The van der Waals surface area contributed by atoms with Gasteiger partial charge in [0.1, 0.15) is 13.7 Å². The molecule has 0 heterocycles. The molecule has 0 aromatic heterocycles. The maximum atomic E-state index is 12.9. The Bertz CT molecular complexity index is 1000.